The quantitative estimate of drug-likeness (QED) is 0.734. The number of piperidine rings is 1. The summed E-state index contributed by atoms with van der Waals surface area (Å²) in [4.78, 5) is 40.3. The van der Waals surface area contributed by atoms with Crippen molar-refractivity contribution in [1.29, 1.82) is 0 Å². The second-order valence-electron chi connectivity index (χ2n) is 8.11. The minimum atomic E-state index is 0.0287. The number of amides is 2. The largest absolute Gasteiger partial charge is 0.353 e. The number of hydrogen-bond acceptors (Lipinski definition) is 6. The van der Waals surface area contributed by atoms with Gasteiger partial charge >= 0.3 is 0 Å². The lowest BCUT2D eigenvalue weighted by Gasteiger charge is -2.36. The first-order valence-corrected chi connectivity index (χ1v) is 11.6. The molecule has 2 amide bonds. The first kappa shape index (κ1) is 20.8. The van der Waals surface area contributed by atoms with E-state index in [1.54, 1.807) is 6.20 Å². The maximum atomic E-state index is 12.7. The molecule has 30 heavy (non-hydrogen) atoms. The van der Waals surface area contributed by atoms with Crippen LogP contribution in [-0.2, 0) is 4.79 Å². The summed E-state index contributed by atoms with van der Waals surface area (Å²) >= 11 is 1.51. The Labute approximate surface area is 181 Å². The topological polar surface area (TPSA) is 69.6 Å². The molecule has 4 rings (SSSR count). The molecule has 1 atom stereocenters. The van der Waals surface area contributed by atoms with Crippen molar-refractivity contribution in [3.63, 3.8) is 0 Å². The molecule has 0 radical (unpaired) electrons. The zero-order valence-corrected chi connectivity index (χ0v) is 18.3. The monoisotopic (exact) mass is 427 g/mol. The fraction of sp³-hybridized carbons (Fsp3) is 0.545. The maximum absolute atomic E-state index is 12.7. The van der Waals surface area contributed by atoms with Crippen molar-refractivity contribution in [2.75, 3.05) is 44.2 Å². The number of anilines is 1. The van der Waals surface area contributed by atoms with E-state index in [1.165, 1.54) is 11.3 Å². The fourth-order valence-corrected chi connectivity index (χ4v) is 4.91. The lowest BCUT2D eigenvalue weighted by Crippen LogP contribution is -2.49. The molecule has 2 saturated heterocycles. The van der Waals surface area contributed by atoms with Crippen molar-refractivity contribution in [1.82, 2.24) is 19.8 Å². The normalized spacial score (nSPS) is 19.8. The van der Waals surface area contributed by atoms with Crippen LogP contribution in [0.3, 0.4) is 0 Å². The van der Waals surface area contributed by atoms with Crippen LogP contribution < -0.4 is 4.90 Å². The highest BCUT2D eigenvalue weighted by molar-refractivity contribution is 7.09. The summed E-state index contributed by atoms with van der Waals surface area (Å²) in [6.07, 6.45) is 5.29. The minimum absolute atomic E-state index is 0.0287. The molecule has 0 bridgehead atoms. The molecule has 2 aromatic rings. The Morgan fingerprint density at radius 2 is 1.97 bits per heavy atom. The molecule has 0 aromatic carbocycles. The van der Waals surface area contributed by atoms with Gasteiger partial charge in [0.25, 0.3) is 5.91 Å². The molecule has 7 nitrogen and oxygen atoms in total. The van der Waals surface area contributed by atoms with Crippen molar-refractivity contribution in [3.05, 3.63) is 40.5 Å². The number of aromatic nitrogens is 2. The summed E-state index contributed by atoms with van der Waals surface area (Å²) in [6.45, 7) is 6.57. The molecule has 4 heterocycles. The Morgan fingerprint density at radius 1 is 1.13 bits per heavy atom. The van der Waals surface area contributed by atoms with E-state index in [0.717, 1.165) is 69.4 Å². The van der Waals surface area contributed by atoms with Crippen molar-refractivity contribution < 1.29 is 9.59 Å². The summed E-state index contributed by atoms with van der Waals surface area (Å²) in [5, 5.41) is 2.76. The highest BCUT2D eigenvalue weighted by atomic mass is 32.1. The molecule has 2 aromatic heterocycles. The van der Waals surface area contributed by atoms with E-state index in [2.05, 4.69) is 14.9 Å². The van der Waals surface area contributed by atoms with Gasteiger partial charge < -0.3 is 14.7 Å². The van der Waals surface area contributed by atoms with E-state index >= 15 is 0 Å². The average molecular weight is 428 g/mol. The molecule has 1 unspecified atom stereocenters. The molecule has 8 heteroatoms. The number of pyridine rings is 1. The molecular weight excluding hydrogens is 398 g/mol. The predicted molar refractivity (Wildman–Crippen MR) is 118 cm³/mol. The minimum Gasteiger partial charge on any atom is -0.353 e. The molecule has 0 aliphatic carbocycles. The number of thiazole rings is 1. The third-order valence-electron chi connectivity index (χ3n) is 6.02. The molecule has 0 spiro atoms. The van der Waals surface area contributed by atoms with Crippen LogP contribution >= 0.6 is 11.3 Å². The van der Waals surface area contributed by atoms with Gasteiger partial charge in [-0.15, -0.1) is 11.3 Å². The summed E-state index contributed by atoms with van der Waals surface area (Å²) in [7, 11) is 0. The summed E-state index contributed by atoms with van der Waals surface area (Å²) in [6, 6.07) is 5.93. The van der Waals surface area contributed by atoms with Gasteiger partial charge in [0.1, 0.15) is 11.5 Å². The van der Waals surface area contributed by atoms with Crippen LogP contribution in [0.5, 0.6) is 0 Å². The molecular formula is C22H29N5O2S. The molecule has 2 aliphatic heterocycles. The van der Waals surface area contributed by atoms with Gasteiger partial charge in [0.15, 0.2) is 0 Å². The van der Waals surface area contributed by atoms with E-state index in [4.69, 9.17) is 0 Å². The van der Waals surface area contributed by atoms with E-state index in [9.17, 15) is 9.59 Å². The van der Waals surface area contributed by atoms with Gasteiger partial charge in [0.05, 0.1) is 5.01 Å². The van der Waals surface area contributed by atoms with E-state index in [-0.39, 0.29) is 11.8 Å². The van der Waals surface area contributed by atoms with E-state index in [0.29, 0.717) is 18.0 Å². The Morgan fingerprint density at radius 3 is 2.67 bits per heavy atom. The van der Waals surface area contributed by atoms with Crippen molar-refractivity contribution in [3.8, 4) is 0 Å². The van der Waals surface area contributed by atoms with Gasteiger partial charge in [-0.25, -0.2) is 9.97 Å². The molecule has 2 fully saturated rings. The Bertz CT molecular complexity index is 863. The Hall–Kier alpha value is -2.48. The van der Waals surface area contributed by atoms with Gasteiger partial charge in [0, 0.05) is 57.3 Å². The third kappa shape index (κ3) is 4.98. The second-order valence-corrected chi connectivity index (χ2v) is 9.17. The number of nitrogens with zero attached hydrogens (tertiary/aromatic N) is 5. The highest BCUT2D eigenvalue weighted by Crippen LogP contribution is 2.24. The van der Waals surface area contributed by atoms with Gasteiger partial charge in [-0.1, -0.05) is 6.07 Å². The lowest BCUT2D eigenvalue weighted by molar-refractivity contribution is -0.131. The smallest absolute Gasteiger partial charge is 0.273 e. The summed E-state index contributed by atoms with van der Waals surface area (Å²) < 4.78 is 0. The number of aryl methyl sites for hydroxylation is 1. The van der Waals surface area contributed by atoms with Crippen LogP contribution in [0.15, 0.2) is 29.8 Å². The van der Waals surface area contributed by atoms with Gasteiger partial charge in [-0.2, -0.15) is 0 Å². The molecule has 160 valence electrons. The highest BCUT2D eigenvalue weighted by Gasteiger charge is 2.27. The van der Waals surface area contributed by atoms with Gasteiger partial charge in [-0.05, 0) is 44.2 Å². The lowest BCUT2D eigenvalue weighted by atomic mass is 9.93. The zero-order chi connectivity index (χ0) is 20.9. The first-order chi connectivity index (χ1) is 14.6. The number of carbonyl (C=O) groups excluding carboxylic acids is 2. The number of piperazine rings is 1. The van der Waals surface area contributed by atoms with Crippen molar-refractivity contribution in [2.45, 2.75) is 32.6 Å². The number of rotatable bonds is 5. The number of carbonyl (C=O) groups is 2. The van der Waals surface area contributed by atoms with Crippen LogP contribution in [-0.4, -0.2) is 70.9 Å². The summed E-state index contributed by atoms with van der Waals surface area (Å²) in [5.74, 6) is 1.63. The van der Waals surface area contributed by atoms with Gasteiger partial charge in [-0.3, -0.25) is 9.59 Å². The Balaban J connectivity index is 1.22. The Kier molecular flexibility index (Phi) is 6.62. The SMILES string of the molecule is Cc1nc(C(=O)N2CCCC(CCC(=O)N3CCN(c4ccccn4)CC3)C2)cs1. The van der Waals surface area contributed by atoms with Crippen LogP contribution in [0.25, 0.3) is 0 Å². The zero-order valence-electron chi connectivity index (χ0n) is 17.5. The van der Waals surface area contributed by atoms with E-state index < -0.39 is 0 Å². The third-order valence-corrected chi connectivity index (χ3v) is 6.79. The van der Waals surface area contributed by atoms with Gasteiger partial charge in [0.2, 0.25) is 5.91 Å². The first-order valence-electron chi connectivity index (χ1n) is 10.8. The second kappa shape index (κ2) is 9.55. The van der Waals surface area contributed by atoms with Crippen LogP contribution in [0.2, 0.25) is 0 Å². The molecule has 0 N–H and O–H groups in total. The molecule has 2 aliphatic rings. The maximum Gasteiger partial charge on any atom is 0.273 e. The van der Waals surface area contributed by atoms with E-state index in [1.807, 2.05) is 40.3 Å². The standard InChI is InChI=1S/C22H29N5O2S/c1-17-24-19(16-30-17)22(29)27-10-4-5-18(15-27)7-8-21(28)26-13-11-25(12-14-26)20-6-2-3-9-23-20/h2-3,6,9,16,18H,4-5,7-8,10-15H2,1H3. The van der Waals surface area contributed by atoms with Crippen LogP contribution in [0.4, 0.5) is 5.82 Å². The number of likely N-dealkylation sites (tertiary alicyclic amines) is 1. The predicted octanol–water partition coefficient (Wildman–Crippen LogP) is 2.83. The molecule has 0 saturated carbocycles. The van der Waals surface area contributed by atoms with Crippen LogP contribution in [0, 0.1) is 12.8 Å². The fourth-order valence-electron chi connectivity index (χ4n) is 4.32. The summed E-state index contributed by atoms with van der Waals surface area (Å²) in [5.41, 5.74) is 0.556. The van der Waals surface area contributed by atoms with Crippen LogP contribution in [0.1, 0.15) is 41.2 Å². The number of hydrogen-bond donors (Lipinski definition) is 0. The average Bonchev–Trinajstić information content (AvgIpc) is 3.24. The van der Waals surface area contributed by atoms with Crippen molar-refractivity contribution >= 4 is 29.0 Å². The van der Waals surface area contributed by atoms with Crippen molar-refractivity contribution in [2.24, 2.45) is 5.92 Å².